The Bertz CT molecular complexity index is 1540. The summed E-state index contributed by atoms with van der Waals surface area (Å²) in [7, 11) is 0. The Kier molecular flexibility index (Phi) is 8.03. The van der Waals surface area contributed by atoms with E-state index in [0.717, 1.165) is 22.9 Å². The van der Waals surface area contributed by atoms with E-state index >= 15 is 0 Å². The van der Waals surface area contributed by atoms with E-state index in [4.69, 9.17) is 39.5 Å². The first-order valence-corrected chi connectivity index (χ1v) is 13.7. The molecule has 0 N–H and O–H groups in total. The number of aryl methyl sites for hydroxylation is 1. The molecule has 39 heavy (non-hydrogen) atoms. The first-order valence-electron chi connectivity index (χ1n) is 11.7. The molecule has 1 aliphatic heterocycles. The molecule has 0 bridgehead atoms. The highest BCUT2D eigenvalue weighted by Gasteiger charge is 2.35. The van der Waals surface area contributed by atoms with Crippen LogP contribution in [0.4, 0.5) is 13.2 Å². The summed E-state index contributed by atoms with van der Waals surface area (Å²) in [6.45, 7) is 3.13. The number of carbonyl (C=O) groups excluding carboxylic acids is 1. The van der Waals surface area contributed by atoms with Gasteiger partial charge in [-0.05, 0) is 48.7 Å². The third-order valence-electron chi connectivity index (χ3n) is 6.22. The molecule has 0 saturated carbocycles. The number of carbonyl (C=O) groups is 1. The largest absolute Gasteiger partial charge is 0.433 e. The summed E-state index contributed by atoms with van der Waals surface area (Å²) in [5.74, 6) is -0.392. The number of amides is 1. The van der Waals surface area contributed by atoms with Gasteiger partial charge in [0.1, 0.15) is 16.8 Å². The van der Waals surface area contributed by atoms with Gasteiger partial charge in [-0.15, -0.1) is 11.6 Å². The fourth-order valence-corrected chi connectivity index (χ4v) is 6.43. The Morgan fingerprint density at radius 2 is 1.82 bits per heavy atom. The van der Waals surface area contributed by atoms with E-state index in [2.05, 4.69) is 9.97 Å². The lowest BCUT2D eigenvalue weighted by molar-refractivity contribution is -0.141. The highest BCUT2D eigenvalue weighted by Crippen LogP contribution is 2.44. The Hall–Kier alpha value is -2.50. The first-order chi connectivity index (χ1) is 18.6. The van der Waals surface area contributed by atoms with E-state index in [0.29, 0.717) is 42.9 Å². The normalized spacial score (nSPS) is 15.1. The number of ether oxygens (including phenoxy) is 1. The smallest absolute Gasteiger partial charge is 0.378 e. The topological polar surface area (TPSA) is 60.3 Å². The first kappa shape index (κ1) is 28.0. The van der Waals surface area contributed by atoms with Crippen LogP contribution in [0.25, 0.3) is 11.0 Å². The van der Waals surface area contributed by atoms with Crippen molar-refractivity contribution in [2.24, 2.45) is 0 Å². The summed E-state index contributed by atoms with van der Waals surface area (Å²) in [5.41, 5.74) is 0.0307. The molecule has 0 spiro atoms. The fourth-order valence-electron chi connectivity index (χ4n) is 4.26. The van der Waals surface area contributed by atoms with Crippen molar-refractivity contribution in [3.05, 3.63) is 86.9 Å². The average Bonchev–Trinajstić information content (AvgIpc) is 3.28. The Labute approximate surface area is 241 Å². The highest BCUT2D eigenvalue weighted by molar-refractivity contribution is 7.98. The van der Waals surface area contributed by atoms with Crippen LogP contribution in [0.15, 0.2) is 53.6 Å². The molecule has 204 valence electrons. The standard InChI is InChI=1S/C26H20Cl3F3N4O2S/c1-14-11-19(26(30,31)32)34-24-16(14)12-18(36(24)39-15-5-3-2-4-6-15)21(28)20-17(27)13-33-23(22(20)29)25(37)35-7-9-38-10-8-35/h2-6,11-13,21H,7-10H2,1H3. The molecule has 1 aromatic carbocycles. The van der Waals surface area contributed by atoms with Crippen molar-refractivity contribution >= 4 is 63.7 Å². The Morgan fingerprint density at radius 3 is 2.49 bits per heavy atom. The molecule has 0 aliphatic carbocycles. The summed E-state index contributed by atoms with van der Waals surface area (Å²) in [6, 6.07) is 11.7. The number of pyridine rings is 2. The maximum Gasteiger partial charge on any atom is 0.433 e. The van der Waals surface area contributed by atoms with Crippen LogP contribution in [0.5, 0.6) is 0 Å². The van der Waals surface area contributed by atoms with Crippen molar-refractivity contribution in [2.45, 2.75) is 23.4 Å². The number of benzene rings is 1. The van der Waals surface area contributed by atoms with Crippen molar-refractivity contribution in [2.75, 3.05) is 26.3 Å². The number of hydrogen-bond donors (Lipinski definition) is 0. The molecule has 1 unspecified atom stereocenters. The monoisotopic (exact) mass is 614 g/mol. The van der Waals surface area contributed by atoms with Gasteiger partial charge in [0.25, 0.3) is 5.91 Å². The minimum atomic E-state index is -4.64. The number of rotatable bonds is 5. The molecular formula is C26H20Cl3F3N4O2S. The van der Waals surface area contributed by atoms with Crippen molar-refractivity contribution < 1.29 is 22.7 Å². The van der Waals surface area contributed by atoms with Gasteiger partial charge < -0.3 is 9.64 Å². The second kappa shape index (κ2) is 11.2. The molecule has 13 heteroatoms. The van der Waals surface area contributed by atoms with Gasteiger partial charge in [-0.3, -0.25) is 8.77 Å². The third kappa shape index (κ3) is 5.58. The zero-order valence-electron chi connectivity index (χ0n) is 20.3. The van der Waals surface area contributed by atoms with Crippen LogP contribution in [0.2, 0.25) is 10.0 Å². The van der Waals surface area contributed by atoms with Crippen LogP contribution in [0.3, 0.4) is 0 Å². The van der Waals surface area contributed by atoms with Gasteiger partial charge in [0.05, 0.1) is 29.0 Å². The van der Waals surface area contributed by atoms with Gasteiger partial charge in [-0.25, -0.2) is 9.97 Å². The van der Waals surface area contributed by atoms with Crippen LogP contribution in [-0.4, -0.2) is 51.1 Å². The highest BCUT2D eigenvalue weighted by atomic mass is 35.5. The zero-order chi connectivity index (χ0) is 27.9. The minimum absolute atomic E-state index is 0.0179. The molecule has 4 aromatic rings. The lowest BCUT2D eigenvalue weighted by atomic mass is 10.1. The van der Waals surface area contributed by atoms with Crippen LogP contribution in [0, 0.1) is 6.92 Å². The fraction of sp³-hybridized carbons (Fsp3) is 0.269. The molecular weight excluding hydrogens is 596 g/mol. The predicted octanol–water partition coefficient (Wildman–Crippen LogP) is 7.42. The lowest BCUT2D eigenvalue weighted by Crippen LogP contribution is -2.41. The van der Waals surface area contributed by atoms with Gasteiger partial charge in [0.2, 0.25) is 0 Å². The van der Waals surface area contributed by atoms with Crippen LogP contribution in [-0.2, 0) is 10.9 Å². The third-order valence-corrected chi connectivity index (χ3v) is 8.39. The number of morpholine rings is 1. The maximum absolute atomic E-state index is 13.7. The Balaban J connectivity index is 1.66. The quantitative estimate of drug-likeness (QED) is 0.219. The van der Waals surface area contributed by atoms with Crippen molar-refractivity contribution in [3.8, 4) is 0 Å². The number of fused-ring (bicyclic) bond motifs is 1. The molecule has 1 atom stereocenters. The number of aromatic nitrogens is 3. The van der Waals surface area contributed by atoms with Crippen molar-refractivity contribution in [3.63, 3.8) is 0 Å². The van der Waals surface area contributed by atoms with E-state index in [1.54, 1.807) is 21.9 Å². The molecule has 4 heterocycles. The molecule has 3 aromatic heterocycles. The number of hydrogen-bond acceptors (Lipinski definition) is 5. The van der Waals surface area contributed by atoms with Crippen LogP contribution in [0.1, 0.15) is 38.4 Å². The van der Waals surface area contributed by atoms with E-state index in [1.807, 2.05) is 30.3 Å². The molecule has 1 saturated heterocycles. The van der Waals surface area contributed by atoms with Crippen LogP contribution < -0.4 is 0 Å². The SMILES string of the molecule is Cc1cc(C(F)(F)F)nc2c1cc(C(Cl)c1c(Cl)cnc(C(=O)N3CCOCC3)c1Cl)n2Sc1ccccc1. The molecule has 5 rings (SSSR count). The van der Waals surface area contributed by atoms with Gasteiger partial charge in [-0.2, -0.15) is 13.2 Å². The van der Waals surface area contributed by atoms with Crippen LogP contribution >= 0.6 is 46.8 Å². The van der Waals surface area contributed by atoms with E-state index < -0.39 is 23.2 Å². The Morgan fingerprint density at radius 1 is 1.13 bits per heavy atom. The van der Waals surface area contributed by atoms with Gasteiger partial charge in [0.15, 0.2) is 5.65 Å². The van der Waals surface area contributed by atoms with E-state index in [9.17, 15) is 18.0 Å². The minimum Gasteiger partial charge on any atom is -0.378 e. The van der Waals surface area contributed by atoms with E-state index in [-0.39, 0.29) is 26.9 Å². The number of alkyl halides is 4. The number of halogens is 6. The summed E-state index contributed by atoms with van der Waals surface area (Å²) in [6.07, 6.45) is -3.34. The molecule has 1 aliphatic rings. The van der Waals surface area contributed by atoms with E-state index in [1.165, 1.54) is 6.20 Å². The van der Waals surface area contributed by atoms with Gasteiger partial charge in [-0.1, -0.05) is 41.4 Å². The zero-order valence-corrected chi connectivity index (χ0v) is 23.4. The summed E-state index contributed by atoms with van der Waals surface area (Å²) < 4.78 is 47.9. The van der Waals surface area contributed by atoms with Crippen molar-refractivity contribution in [1.82, 2.24) is 18.8 Å². The lowest BCUT2D eigenvalue weighted by Gasteiger charge is -2.27. The molecule has 0 radical (unpaired) electrons. The number of nitrogens with zero attached hydrogens (tertiary/aromatic N) is 4. The molecule has 6 nitrogen and oxygen atoms in total. The maximum atomic E-state index is 13.7. The van der Waals surface area contributed by atoms with Crippen molar-refractivity contribution in [1.29, 1.82) is 0 Å². The summed E-state index contributed by atoms with van der Waals surface area (Å²) in [4.78, 5) is 23.6. The second-order valence-electron chi connectivity index (χ2n) is 8.78. The van der Waals surface area contributed by atoms with Gasteiger partial charge >= 0.3 is 6.18 Å². The van der Waals surface area contributed by atoms with Gasteiger partial charge in [0, 0.05) is 35.1 Å². The summed E-state index contributed by atoms with van der Waals surface area (Å²) in [5, 5.41) is -0.483. The average molecular weight is 616 g/mol. The predicted molar refractivity (Wildman–Crippen MR) is 146 cm³/mol. The summed E-state index contributed by atoms with van der Waals surface area (Å²) >= 11 is 21.4. The molecule has 1 amide bonds. The second-order valence-corrected chi connectivity index (χ2v) is 11.0. The molecule has 1 fully saturated rings.